The van der Waals surface area contributed by atoms with Gasteiger partial charge in [-0.05, 0) is 30.7 Å². The van der Waals surface area contributed by atoms with Gasteiger partial charge in [-0.25, -0.2) is 0 Å². The molecule has 1 heteroatoms. The Balaban J connectivity index is 2.31. The summed E-state index contributed by atoms with van der Waals surface area (Å²) in [5, 5.41) is 0. The van der Waals surface area contributed by atoms with E-state index in [1.54, 1.807) is 0 Å². The minimum Gasteiger partial charge on any atom is -0.457 e. The number of para-hydroxylation sites is 2. The Kier molecular flexibility index (Phi) is 3.06. The minimum absolute atomic E-state index is 0.844. The normalized spacial score (nSPS) is 9.81. The molecule has 0 spiro atoms. The van der Waals surface area contributed by atoms with E-state index in [1.807, 2.05) is 61.5 Å². The molecule has 0 aromatic heterocycles. The van der Waals surface area contributed by atoms with Crippen LogP contribution in [-0.4, -0.2) is 0 Å². The van der Waals surface area contributed by atoms with Gasteiger partial charge in [0.15, 0.2) is 0 Å². The third-order valence-electron chi connectivity index (χ3n) is 2.32. The molecule has 0 bridgehead atoms. The van der Waals surface area contributed by atoms with Gasteiger partial charge in [-0.1, -0.05) is 43.0 Å². The summed E-state index contributed by atoms with van der Waals surface area (Å²) in [6, 6.07) is 17.7. The summed E-state index contributed by atoms with van der Waals surface area (Å²) in [7, 11) is 0. The highest BCUT2D eigenvalue weighted by Gasteiger charge is 2.03. The third kappa shape index (κ3) is 2.31. The van der Waals surface area contributed by atoms with E-state index in [1.165, 1.54) is 0 Å². The van der Waals surface area contributed by atoms with Crippen LogP contribution in [-0.2, 0) is 0 Å². The van der Waals surface area contributed by atoms with Crippen LogP contribution < -0.4 is 4.74 Å². The molecule has 0 N–H and O–H groups in total. The molecule has 0 amide bonds. The molecule has 0 unspecified atom stereocenters. The molecule has 0 fully saturated rings. The highest BCUT2D eigenvalue weighted by Crippen LogP contribution is 2.28. The summed E-state index contributed by atoms with van der Waals surface area (Å²) in [5.41, 5.74) is 2.05. The molecule has 1 nitrogen and oxygen atoms in total. The Morgan fingerprint density at radius 3 is 2.25 bits per heavy atom. The Hall–Kier alpha value is -2.02. The lowest BCUT2D eigenvalue weighted by molar-refractivity contribution is 0.481. The molecule has 0 aliphatic heterocycles. The second kappa shape index (κ2) is 4.67. The maximum Gasteiger partial charge on any atom is 0.134 e. The van der Waals surface area contributed by atoms with Crippen LogP contribution in [0.1, 0.15) is 12.5 Å². The third-order valence-corrected chi connectivity index (χ3v) is 2.32. The zero-order valence-electron chi connectivity index (χ0n) is 9.31. The summed E-state index contributed by atoms with van der Waals surface area (Å²) in [5.74, 6) is 1.69. The summed E-state index contributed by atoms with van der Waals surface area (Å²) in [4.78, 5) is 0. The molecular formula is C15H14O. The summed E-state index contributed by atoms with van der Waals surface area (Å²) < 4.78 is 5.81. The van der Waals surface area contributed by atoms with E-state index in [9.17, 15) is 0 Å². The summed E-state index contributed by atoms with van der Waals surface area (Å²) >= 11 is 0. The predicted molar refractivity (Wildman–Crippen MR) is 67.7 cm³/mol. The van der Waals surface area contributed by atoms with Crippen molar-refractivity contribution in [2.24, 2.45) is 0 Å². The number of hydrogen-bond acceptors (Lipinski definition) is 1. The molecular weight excluding hydrogens is 196 g/mol. The maximum absolute atomic E-state index is 5.81. The van der Waals surface area contributed by atoms with Crippen molar-refractivity contribution in [1.29, 1.82) is 0 Å². The van der Waals surface area contributed by atoms with Crippen molar-refractivity contribution < 1.29 is 4.74 Å². The van der Waals surface area contributed by atoms with Gasteiger partial charge in [-0.15, -0.1) is 0 Å². The van der Waals surface area contributed by atoms with Crippen molar-refractivity contribution in [3.8, 4) is 11.5 Å². The van der Waals surface area contributed by atoms with Crippen molar-refractivity contribution in [1.82, 2.24) is 0 Å². The minimum atomic E-state index is 0.844. The fraction of sp³-hybridized carbons (Fsp3) is 0.0667. The SMILES string of the molecule is C=C(C)c1ccccc1Oc1ccccc1. The van der Waals surface area contributed by atoms with Crippen LogP contribution in [0.3, 0.4) is 0 Å². The van der Waals surface area contributed by atoms with Gasteiger partial charge in [0.2, 0.25) is 0 Å². The highest BCUT2D eigenvalue weighted by atomic mass is 16.5. The van der Waals surface area contributed by atoms with E-state index < -0.39 is 0 Å². The van der Waals surface area contributed by atoms with Gasteiger partial charge < -0.3 is 4.74 Å². The molecule has 0 atom stereocenters. The maximum atomic E-state index is 5.81. The summed E-state index contributed by atoms with van der Waals surface area (Å²) in [6.45, 7) is 5.93. The van der Waals surface area contributed by atoms with E-state index in [2.05, 4.69) is 6.58 Å². The monoisotopic (exact) mass is 210 g/mol. The lowest BCUT2D eigenvalue weighted by atomic mass is 10.1. The number of hydrogen-bond donors (Lipinski definition) is 0. The Labute approximate surface area is 96.0 Å². The highest BCUT2D eigenvalue weighted by molar-refractivity contribution is 5.67. The summed E-state index contributed by atoms with van der Waals surface area (Å²) in [6.07, 6.45) is 0. The van der Waals surface area contributed by atoms with Crippen molar-refractivity contribution in [2.45, 2.75) is 6.92 Å². The Morgan fingerprint density at radius 2 is 1.56 bits per heavy atom. The number of ether oxygens (including phenoxy) is 1. The predicted octanol–water partition coefficient (Wildman–Crippen LogP) is 4.51. The van der Waals surface area contributed by atoms with E-state index >= 15 is 0 Å². The first-order valence-electron chi connectivity index (χ1n) is 5.25. The first-order chi connectivity index (χ1) is 7.77. The molecule has 0 saturated carbocycles. The van der Waals surface area contributed by atoms with Crippen LogP contribution in [0.15, 0.2) is 61.2 Å². The van der Waals surface area contributed by atoms with Crippen LogP contribution in [0.25, 0.3) is 5.57 Å². The van der Waals surface area contributed by atoms with E-state index in [0.29, 0.717) is 0 Å². The first kappa shape index (κ1) is 10.5. The van der Waals surface area contributed by atoms with E-state index in [0.717, 1.165) is 22.6 Å². The zero-order chi connectivity index (χ0) is 11.4. The van der Waals surface area contributed by atoms with Gasteiger partial charge in [0, 0.05) is 5.56 Å². The average Bonchev–Trinajstić information content (AvgIpc) is 2.31. The average molecular weight is 210 g/mol. The fourth-order valence-corrected chi connectivity index (χ4v) is 1.52. The molecule has 16 heavy (non-hydrogen) atoms. The van der Waals surface area contributed by atoms with Crippen LogP contribution in [0, 0.1) is 0 Å². The molecule has 0 aliphatic rings. The second-order valence-corrected chi connectivity index (χ2v) is 3.69. The van der Waals surface area contributed by atoms with Gasteiger partial charge in [-0.2, -0.15) is 0 Å². The molecule has 0 radical (unpaired) electrons. The topological polar surface area (TPSA) is 9.23 Å². The van der Waals surface area contributed by atoms with Crippen molar-refractivity contribution >= 4 is 5.57 Å². The molecule has 80 valence electrons. The standard InChI is InChI=1S/C15H14O/c1-12(2)14-10-6-7-11-15(14)16-13-8-4-3-5-9-13/h3-11H,1H2,2H3. The van der Waals surface area contributed by atoms with Gasteiger partial charge in [-0.3, -0.25) is 0 Å². The molecule has 2 aromatic rings. The van der Waals surface area contributed by atoms with Crippen molar-refractivity contribution in [2.75, 3.05) is 0 Å². The number of benzene rings is 2. The Morgan fingerprint density at radius 1 is 0.938 bits per heavy atom. The lowest BCUT2D eigenvalue weighted by Crippen LogP contribution is -1.88. The number of allylic oxidation sites excluding steroid dienone is 1. The van der Waals surface area contributed by atoms with Gasteiger partial charge in [0.05, 0.1) is 0 Å². The largest absolute Gasteiger partial charge is 0.457 e. The quantitative estimate of drug-likeness (QED) is 0.724. The zero-order valence-corrected chi connectivity index (χ0v) is 9.31. The van der Waals surface area contributed by atoms with Gasteiger partial charge in [0.25, 0.3) is 0 Å². The molecule has 0 heterocycles. The van der Waals surface area contributed by atoms with Crippen molar-refractivity contribution in [3.63, 3.8) is 0 Å². The van der Waals surface area contributed by atoms with Crippen LogP contribution in [0.4, 0.5) is 0 Å². The molecule has 0 saturated heterocycles. The van der Waals surface area contributed by atoms with Crippen LogP contribution in [0.5, 0.6) is 11.5 Å². The Bertz CT molecular complexity index is 486. The molecule has 2 aromatic carbocycles. The van der Waals surface area contributed by atoms with Gasteiger partial charge in [0.1, 0.15) is 11.5 Å². The molecule has 2 rings (SSSR count). The number of rotatable bonds is 3. The second-order valence-electron chi connectivity index (χ2n) is 3.69. The van der Waals surface area contributed by atoms with Crippen LogP contribution >= 0.6 is 0 Å². The van der Waals surface area contributed by atoms with Crippen molar-refractivity contribution in [3.05, 3.63) is 66.7 Å². The van der Waals surface area contributed by atoms with E-state index in [4.69, 9.17) is 4.74 Å². The first-order valence-corrected chi connectivity index (χ1v) is 5.25. The van der Waals surface area contributed by atoms with E-state index in [-0.39, 0.29) is 0 Å². The van der Waals surface area contributed by atoms with Gasteiger partial charge >= 0.3 is 0 Å². The fourth-order valence-electron chi connectivity index (χ4n) is 1.52. The van der Waals surface area contributed by atoms with Crippen LogP contribution in [0.2, 0.25) is 0 Å². The molecule has 0 aliphatic carbocycles. The lowest BCUT2D eigenvalue weighted by Gasteiger charge is -2.10. The smallest absolute Gasteiger partial charge is 0.134 e.